The van der Waals surface area contributed by atoms with Crippen molar-refractivity contribution in [2.24, 2.45) is 0 Å². The number of amides is 1. The van der Waals surface area contributed by atoms with Gasteiger partial charge in [-0.2, -0.15) is 0 Å². The van der Waals surface area contributed by atoms with E-state index in [0.29, 0.717) is 6.54 Å². The average Bonchev–Trinajstić information content (AvgIpc) is 3.05. The number of carbonyl (C=O) groups is 1. The molecular formula is C13H16N4O2S. The van der Waals surface area contributed by atoms with E-state index in [1.807, 2.05) is 16.7 Å². The maximum atomic E-state index is 12.0. The largest absolute Gasteiger partial charge is 0.467 e. The van der Waals surface area contributed by atoms with Gasteiger partial charge in [0.1, 0.15) is 12.1 Å². The second-order valence-corrected chi connectivity index (χ2v) is 5.88. The van der Waals surface area contributed by atoms with E-state index < -0.39 is 0 Å². The van der Waals surface area contributed by atoms with E-state index in [-0.39, 0.29) is 11.2 Å². The molecule has 2 aromatic rings. The van der Waals surface area contributed by atoms with E-state index in [1.165, 1.54) is 11.8 Å². The predicted octanol–water partition coefficient (Wildman–Crippen LogP) is 1.68. The number of nitrogens with zero attached hydrogens (tertiary/aromatic N) is 3. The van der Waals surface area contributed by atoms with E-state index in [4.69, 9.17) is 4.42 Å². The molecule has 0 saturated carbocycles. The van der Waals surface area contributed by atoms with Crippen LogP contribution in [0.25, 0.3) is 0 Å². The average molecular weight is 292 g/mol. The topological polar surface area (TPSA) is 73.0 Å². The van der Waals surface area contributed by atoms with Crippen molar-refractivity contribution < 1.29 is 9.21 Å². The van der Waals surface area contributed by atoms with Crippen molar-refractivity contribution in [2.75, 3.05) is 6.54 Å². The first kappa shape index (κ1) is 13.2. The molecule has 6 nitrogen and oxygen atoms in total. The van der Waals surface area contributed by atoms with Gasteiger partial charge < -0.3 is 14.3 Å². The summed E-state index contributed by atoms with van der Waals surface area (Å²) in [7, 11) is 0. The molecule has 3 rings (SSSR count). The fourth-order valence-corrected chi connectivity index (χ4v) is 3.24. The highest BCUT2D eigenvalue weighted by molar-refractivity contribution is 8.00. The summed E-state index contributed by atoms with van der Waals surface area (Å²) in [5, 5.41) is 11.6. The van der Waals surface area contributed by atoms with Crippen molar-refractivity contribution in [2.45, 2.75) is 36.2 Å². The smallest absolute Gasteiger partial charge is 0.233 e. The lowest BCUT2D eigenvalue weighted by Gasteiger charge is -2.12. The lowest BCUT2D eigenvalue weighted by atomic mass is 10.2. The van der Waals surface area contributed by atoms with Crippen molar-refractivity contribution in [3.63, 3.8) is 0 Å². The number of rotatable bonds is 4. The number of thioether (sulfide) groups is 1. The van der Waals surface area contributed by atoms with Crippen molar-refractivity contribution in [1.29, 1.82) is 0 Å². The van der Waals surface area contributed by atoms with Crippen LogP contribution in [0.15, 0.2) is 34.3 Å². The molecule has 1 N–H and O–H groups in total. The molecule has 2 aromatic heterocycles. The maximum absolute atomic E-state index is 12.0. The molecule has 1 atom stereocenters. The minimum absolute atomic E-state index is 0.0861. The zero-order chi connectivity index (χ0) is 13.8. The summed E-state index contributed by atoms with van der Waals surface area (Å²) >= 11 is 1.48. The Balaban J connectivity index is 1.71. The van der Waals surface area contributed by atoms with Gasteiger partial charge in [-0.05, 0) is 25.0 Å². The van der Waals surface area contributed by atoms with Gasteiger partial charge in [0.2, 0.25) is 5.91 Å². The third-order valence-electron chi connectivity index (χ3n) is 3.22. The van der Waals surface area contributed by atoms with Crippen LogP contribution in [-0.2, 0) is 11.3 Å². The van der Waals surface area contributed by atoms with Gasteiger partial charge >= 0.3 is 0 Å². The minimum Gasteiger partial charge on any atom is -0.467 e. The first-order chi connectivity index (χ1) is 9.83. The molecule has 1 saturated heterocycles. The van der Waals surface area contributed by atoms with Gasteiger partial charge in [-0.3, -0.25) is 4.79 Å². The monoisotopic (exact) mass is 292 g/mol. The summed E-state index contributed by atoms with van der Waals surface area (Å²) < 4.78 is 7.23. The molecule has 20 heavy (non-hydrogen) atoms. The van der Waals surface area contributed by atoms with E-state index in [9.17, 15) is 4.79 Å². The maximum Gasteiger partial charge on any atom is 0.233 e. The van der Waals surface area contributed by atoms with Crippen LogP contribution in [0.4, 0.5) is 0 Å². The van der Waals surface area contributed by atoms with E-state index in [0.717, 1.165) is 36.7 Å². The van der Waals surface area contributed by atoms with Gasteiger partial charge in [-0.15, -0.1) is 10.2 Å². The third kappa shape index (κ3) is 3.04. The fourth-order valence-electron chi connectivity index (χ4n) is 2.17. The highest BCUT2D eigenvalue weighted by Gasteiger charge is 2.24. The molecule has 1 fully saturated rings. The van der Waals surface area contributed by atoms with Crippen LogP contribution >= 0.6 is 11.8 Å². The fraction of sp³-hybridized carbons (Fsp3) is 0.462. The SMILES string of the molecule is O=C1NCCCC[C@H]1Sc1nncn1Cc1ccco1. The molecular weight excluding hydrogens is 276 g/mol. The second kappa shape index (κ2) is 6.13. The van der Waals surface area contributed by atoms with Crippen LogP contribution in [0.3, 0.4) is 0 Å². The molecule has 0 radical (unpaired) electrons. The summed E-state index contributed by atoms with van der Waals surface area (Å²) in [6.45, 7) is 1.35. The molecule has 7 heteroatoms. The van der Waals surface area contributed by atoms with Crippen LogP contribution in [0.1, 0.15) is 25.0 Å². The van der Waals surface area contributed by atoms with E-state index >= 15 is 0 Å². The van der Waals surface area contributed by atoms with Gasteiger partial charge in [-0.1, -0.05) is 18.2 Å². The number of carbonyl (C=O) groups excluding carboxylic acids is 1. The highest BCUT2D eigenvalue weighted by Crippen LogP contribution is 2.26. The van der Waals surface area contributed by atoms with Crippen LogP contribution in [0, 0.1) is 0 Å². The summed E-state index contributed by atoms with van der Waals surface area (Å²) in [5.74, 6) is 0.942. The first-order valence-corrected chi connectivity index (χ1v) is 7.55. The normalized spacial score (nSPS) is 19.6. The number of furan rings is 1. The second-order valence-electron chi connectivity index (χ2n) is 4.71. The number of nitrogens with one attached hydrogen (secondary N) is 1. The summed E-state index contributed by atoms with van der Waals surface area (Å²) in [4.78, 5) is 12.0. The molecule has 1 aliphatic heterocycles. The third-order valence-corrected chi connectivity index (χ3v) is 4.48. The zero-order valence-corrected chi connectivity index (χ0v) is 11.8. The lowest BCUT2D eigenvalue weighted by molar-refractivity contribution is -0.120. The zero-order valence-electron chi connectivity index (χ0n) is 11.0. The molecule has 0 spiro atoms. The summed E-state index contributed by atoms with van der Waals surface area (Å²) in [5.41, 5.74) is 0. The molecule has 0 unspecified atom stereocenters. The van der Waals surface area contributed by atoms with Gasteiger partial charge in [0.25, 0.3) is 0 Å². The van der Waals surface area contributed by atoms with Gasteiger partial charge in [0.15, 0.2) is 5.16 Å². The van der Waals surface area contributed by atoms with Gasteiger partial charge in [0.05, 0.1) is 18.1 Å². The Morgan fingerprint density at radius 2 is 2.45 bits per heavy atom. The summed E-state index contributed by atoms with van der Waals surface area (Å²) in [6.07, 6.45) is 6.29. The van der Waals surface area contributed by atoms with Crippen LogP contribution < -0.4 is 5.32 Å². The molecule has 106 valence electrons. The Morgan fingerprint density at radius 1 is 1.50 bits per heavy atom. The van der Waals surface area contributed by atoms with Crippen molar-refractivity contribution >= 4 is 17.7 Å². The van der Waals surface area contributed by atoms with Crippen LogP contribution in [0.5, 0.6) is 0 Å². The minimum atomic E-state index is -0.0861. The van der Waals surface area contributed by atoms with E-state index in [2.05, 4.69) is 15.5 Å². The van der Waals surface area contributed by atoms with Gasteiger partial charge in [0, 0.05) is 6.54 Å². The molecule has 0 aromatic carbocycles. The first-order valence-electron chi connectivity index (χ1n) is 6.67. The van der Waals surface area contributed by atoms with Gasteiger partial charge in [-0.25, -0.2) is 0 Å². The number of aromatic nitrogens is 3. The van der Waals surface area contributed by atoms with Crippen LogP contribution in [0.2, 0.25) is 0 Å². The van der Waals surface area contributed by atoms with Crippen molar-refractivity contribution in [3.8, 4) is 0 Å². The molecule has 1 amide bonds. The van der Waals surface area contributed by atoms with Crippen LogP contribution in [-0.4, -0.2) is 32.5 Å². The van der Waals surface area contributed by atoms with Crippen molar-refractivity contribution in [3.05, 3.63) is 30.5 Å². The highest BCUT2D eigenvalue weighted by atomic mass is 32.2. The molecule has 1 aliphatic rings. The quantitative estimate of drug-likeness (QED) is 0.928. The molecule has 0 aliphatic carbocycles. The van der Waals surface area contributed by atoms with E-state index in [1.54, 1.807) is 12.6 Å². The predicted molar refractivity (Wildman–Crippen MR) is 74.3 cm³/mol. The summed E-state index contributed by atoms with van der Waals surface area (Å²) in [6, 6.07) is 3.76. The molecule has 0 bridgehead atoms. The molecule has 3 heterocycles. The standard InChI is InChI=1S/C13H16N4O2S/c18-12-11(5-1-2-6-14-12)20-13-16-15-9-17(13)8-10-4-3-7-19-10/h3-4,7,9,11H,1-2,5-6,8H2,(H,14,18)/t11-/m1/s1. The Bertz CT molecular complexity index is 567. The lowest BCUT2D eigenvalue weighted by Crippen LogP contribution is -2.30. The Labute approximate surface area is 120 Å². The Kier molecular flexibility index (Phi) is 4.05. The number of hydrogen-bond donors (Lipinski definition) is 1. The van der Waals surface area contributed by atoms with Crippen molar-refractivity contribution in [1.82, 2.24) is 20.1 Å². The Hall–Kier alpha value is -1.76. The number of hydrogen-bond acceptors (Lipinski definition) is 5. The Morgan fingerprint density at radius 3 is 3.30 bits per heavy atom.